The Morgan fingerprint density at radius 2 is 2.00 bits per heavy atom. The molecule has 0 saturated carbocycles. The van der Waals surface area contributed by atoms with Gasteiger partial charge in [-0.15, -0.1) is 11.8 Å². The minimum atomic E-state index is 0.236. The van der Waals surface area contributed by atoms with Crippen LogP contribution >= 0.6 is 24.4 Å². The molecule has 0 radical (unpaired) electrons. The molecular weight excluding hydrogens is 198 g/mol. The molecule has 72 valence electrons. The molecule has 2 N–H and O–H groups in total. The fourth-order valence-electron chi connectivity index (χ4n) is 0.936. The van der Waals surface area contributed by atoms with Crippen LogP contribution in [0.3, 0.4) is 0 Å². The average molecular weight is 213 g/mol. The first-order chi connectivity index (χ1) is 6.33. The molecule has 1 unspecified atom stereocenters. The monoisotopic (exact) mass is 213 g/mol. The number of nitrogens with two attached hydrogens (primary N) is 1. The van der Waals surface area contributed by atoms with E-state index in [9.17, 15) is 0 Å². The number of hydrogen-bond donors (Lipinski definition) is 2. The van der Waals surface area contributed by atoms with E-state index < -0.39 is 0 Å². The summed E-state index contributed by atoms with van der Waals surface area (Å²) >= 11 is 5.99. The molecule has 13 heavy (non-hydrogen) atoms. The lowest BCUT2D eigenvalue weighted by Crippen LogP contribution is -2.22. The van der Waals surface area contributed by atoms with Crippen molar-refractivity contribution in [3.05, 3.63) is 30.3 Å². The predicted molar refractivity (Wildman–Crippen MR) is 63.6 cm³/mol. The van der Waals surface area contributed by atoms with E-state index in [0.29, 0.717) is 0 Å². The minimum Gasteiger partial charge on any atom is -0.327 e. The van der Waals surface area contributed by atoms with Gasteiger partial charge in [-0.2, -0.15) is 12.6 Å². The first kappa shape index (κ1) is 11.0. The van der Waals surface area contributed by atoms with Crippen molar-refractivity contribution in [1.29, 1.82) is 0 Å². The Balaban J connectivity index is 2.20. The molecule has 0 aliphatic carbocycles. The molecule has 0 aliphatic rings. The van der Waals surface area contributed by atoms with Gasteiger partial charge in [-0.25, -0.2) is 0 Å². The molecule has 0 amide bonds. The number of benzene rings is 1. The first-order valence-corrected chi connectivity index (χ1v) is 5.99. The Kier molecular flexibility index (Phi) is 5.35. The standard InChI is InChI=1S/C10H15NS2/c11-9(8-12)6-7-13-10-4-2-1-3-5-10/h1-5,9,12H,6-8,11H2. The summed E-state index contributed by atoms with van der Waals surface area (Å²) in [5.41, 5.74) is 5.75. The van der Waals surface area contributed by atoms with Gasteiger partial charge in [0.1, 0.15) is 0 Å². The molecule has 1 rings (SSSR count). The van der Waals surface area contributed by atoms with Crippen molar-refractivity contribution in [1.82, 2.24) is 0 Å². The zero-order valence-corrected chi connectivity index (χ0v) is 9.23. The molecule has 0 aliphatic heterocycles. The molecule has 3 heteroatoms. The van der Waals surface area contributed by atoms with Crippen LogP contribution in [-0.2, 0) is 0 Å². The number of thioether (sulfide) groups is 1. The van der Waals surface area contributed by atoms with E-state index in [1.165, 1.54) is 4.90 Å². The lowest BCUT2D eigenvalue weighted by molar-refractivity contribution is 0.733. The third-order valence-corrected chi connectivity index (χ3v) is 3.25. The lowest BCUT2D eigenvalue weighted by atomic mass is 10.3. The van der Waals surface area contributed by atoms with Crippen LogP contribution in [0.15, 0.2) is 35.2 Å². The molecule has 1 nitrogen and oxygen atoms in total. The minimum absolute atomic E-state index is 0.236. The largest absolute Gasteiger partial charge is 0.327 e. The molecule has 0 bridgehead atoms. The van der Waals surface area contributed by atoms with E-state index in [2.05, 4.69) is 36.9 Å². The summed E-state index contributed by atoms with van der Waals surface area (Å²) < 4.78 is 0. The van der Waals surface area contributed by atoms with E-state index >= 15 is 0 Å². The Bertz CT molecular complexity index is 226. The van der Waals surface area contributed by atoms with Gasteiger partial charge in [0.25, 0.3) is 0 Å². The van der Waals surface area contributed by atoms with Crippen LogP contribution in [0, 0.1) is 0 Å². The van der Waals surface area contributed by atoms with Crippen LogP contribution in [-0.4, -0.2) is 17.5 Å². The molecule has 1 atom stereocenters. The van der Waals surface area contributed by atoms with E-state index in [0.717, 1.165) is 17.9 Å². The average Bonchev–Trinajstić information content (AvgIpc) is 2.19. The third-order valence-electron chi connectivity index (χ3n) is 1.74. The maximum Gasteiger partial charge on any atom is 0.0135 e. The molecular formula is C10H15NS2. The van der Waals surface area contributed by atoms with Gasteiger partial charge in [-0.3, -0.25) is 0 Å². The highest BCUT2D eigenvalue weighted by molar-refractivity contribution is 7.99. The van der Waals surface area contributed by atoms with Gasteiger partial charge in [0, 0.05) is 16.7 Å². The second-order valence-electron chi connectivity index (χ2n) is 2.89. The van der Waals surface area contributed by atoms with Gasteiger partial charge in [-0.1, -0.05) is 18.2 Å². The first-order valence-electron chi connectivity index (χ1n) is 4.37. The van der Waals surface area contributed by atoms with Crippen molar-refractivity contribution in [2.75, 3.05) is 11.5 Å². The van der Waals surface area contributed by atoms with E-state index in [1.54, 1.807) is 0 Å². The van der Waals surface area contributed by atoms with Crippen LogP contribution in [0.2, 0.25) is 0 Å². The fourth-order valence-corrected chi connectivity index (χ4v) is 2.12. The summed E-state index contributed by atoms with van der Waals surface area (Å²) in [5, 5.41) is 0. The highest BCUT2D eigenvalue weighted by Crippen LogP contribution is 2.18. The topological polar surface area (TPSA) is 26.0 Å². The maximum absolute atomic E-state index is 5.75. The number of thiol groups is 1. The predicted octanol–water partition coefficient (Wildman–Crippen LogP) is 2.43. The summed E-state index contributed by atoms with van der Waals surface area (Å²) in [5.74, 6) is 1.85. The van der Waals surface area contributed by atoms with Gasteiger partial charge in [0.05, 0.1) is 0 Å². The molecule has 1 aromatic rings. The highest BCUT2D eigenvalue weighted by atomic mass is 32.2. The van der Waals surface area contributed by atoms with Crippen LogP contribution in [0.4, 0.5) is 0 Å². The van der Waals surface area contributed by atoms with Crippen molar-refractivity contribution < 1.29 is 0 Å². The van der Waals surface area contributed by atoms with E-state index in [1.807, 2.05) is 17.8 Å². The molecule has 0 fully saturated rings. The molecule has 0 aromatic heterocycles. The van der Waals surface area contributed by atoms with Gasteiger partial charge in [-0.05, 0) is 24.3 Å². The van der Waals surface area contributed by atoms with Gasteiger partial charge in [0.15, 0.2) is 0 Å². The van der Waals surface area contributed by atoms with Crippen LogP contribution in [0.1, 0.15) is 6.42 Å². The van der Waals surface area contributed by atoms with Crippen molar-refractivity contribution in [2.24, 2.45) is 5.73 Å². The molecule has 0 spiro atoms. The SMILES string of the molecule is NC(CS)CCSc1ccccc1. The van der Waals surface area contributed by atoms with Crippen molar-refractivity contribution in [3.63, 3.8) is 0 Å². The van der Waals surface area contributed by atoms with E-state index in [-0.39, 0.29) is 6.04 Å². The Morgan fingerprint density at radius 3 is 2.62 bits per heavy atom. The van der Waals surface area contributed by atoms with Gasteiger partial charge >= 0.3 is 0 Å². The summed E-state index contributed by atoms with van der Waals surface area (Å²) in [4.78, 5) is 1.31. The quantitative estimate of drug-likeness (QED) is 0.580. The number of rotatable bonds is 5. The van der Waals surface area contributed by atoms with Crippen molar-refractivity contribution >= 4 is 24.4 Å². The van der Waals surface area contributed by atoms with Crippen LogP contribution in [0.5, 0.6) is 0 Å². The summed E-state index contributed by atoms with van der Waals surface area (Å²) in [7, 11) is 0. The highest BCUT2D eigenvalue weighted by Gasteiger charge is 1.99. The zero-order chi connectivity index (χ0) is 9.52. The van der Waals surface area contributed by atoms with Gasteiger partial charge in [0.2, 0.25) is 0 Å². The summed E-state index contributed by atoms with van der Waals surface area (Å²) in [6.45, 7) is 0. The third kappa shape index (κ3) is 4.60. The van der Waals surface area contributed by atoms with Crippen molar-refractivity contribution in [3.8, 4) is 0 Å². The van der Waals surface area contributed by atoms with Gasteiger partial charge < -0.3 is 5.73 Å². The van der Waals surface area contributed by atoms with E-state index in [4.69, 9.17) is 5.73 Å². The zero-order valence-electron chi connectivity index (χ0n) is 7.52. The Morgan fingerprint density at radius 1 is 1.31 bits per heavy atom. The van der Waals surface area contributed by atoms with Crippen LogP contribution in [0.25, 0.3) is 0 Å². The van der Waals surface area contributed by atoms with Crippen molar-refractivity contribution in [2.45, 2.75) is 17.4 Å². The summed E-state index contributed by atoms with van der Waals surface area (Å²) in [6, 6.07) is 10.6. The lowest BCUT2D eigenvalue weighted by Gasteiger charge is -2.06. The fraction of sp³-hybridized carbons (Fsp3) is 0.400. The molecule has 0 saturated heterocycles. The second-order valence-corrected chi connectivity index (χ2v) is 4.43. The molecule has 1 aromatic carbocycles. The Hall–Kier alpha value is -0.120. The Labute approximate surface area is 89.5 Å². The normalized spacial score (nSPS) is 12.8. The molecule has 0 heterocycles. The smallest absolute Gasteiger partial charge is 0.0135 e. The second kappa shape index (κ2) is 6.35. The maximum atomic E-state index is 5.75. The summed E-state index contributed by atoms with van der Waals surface area (Å²) in [6.07, 6.45) is 1.03. The number of hydrogen-bond acceptors (Lipinski definition) is 3. The van der Waals surface area contributed by atoms with Crippen LogP contribution < -0.4 is 5.73 Å².